The van der Waals surface area contributed by atoms with Crippen LogP contribution in [0.5, 0.6) is 11.5 Å². The van der Waals surface area contributed by atoms with E-state index in [1.807, 2.05) is 0 Å². The Morgan fingerprint density at radius 1 is 1.11 bits per heavy atom. The molecule has 12 heteroatoms. The number of aromatic nitrogens is 1. The highest BCUT2D eigenvalue weighted by atomic mass is 32.2. The number of imide groups is 1. The number of H-pyrrole nitrogens is 1. The van der Waals surface area contributed by atoms with Gasteiger partial charge in [-0.3, -0.25) is 14.4 Å². The Balaban J connectivity index is 1.63. The van der Waals surface area contributed by atoms with Gasteiger partial charge in [0, 0.05) is 10.8 Å². The minimum absolute atomic E-state index is 0.112. The van der Waals surface area contributed by atoms with Crippen molar-refractivity contribution in [1.29, 1.82) is 0 Å². The lowest BCUT2D eigenvalue weighted by molar-refractivity contribution is -0.137. The number of nitrogens with zero attached hydrogens (tertiary/aromatic N) is 1. The maximum Gasteiger partial charge on any atom is 0.416 e. The molecule has 1 aromatic heterocycles. The Morgan fingerprint density at radius 3 is 2.60 bits per heavy atom. The average molecular weight is 523 g/mol. The second-order valence-electron chi connectivity index (χ2n) is 7.97. The van der Waals surface area contributed by atoms with Gasteiger partial charge in [-0.25, -0.2) is 4.90 Å². The first kappa shape index (κ1) is 23.5. The van der Waals surface area contributed by atoms with Gasteiger partial charge >= 0.3 is 11.0 Å². The summed E-state index contributed by atoms with van der Waals surface area (Å²) in [4.78, 5) is 42.8. The van der Waals surface area contributed by atoms with Crippen LogP contribution in [0.15, 0.2) is 52.3 Å². The molecule has 1 fully saturated rings. The Morgan fingerprint density at radius 2 is 1.89 bits per heavy atom. The zero-order valence-corrected chi connectivity index (χ0v) is 19.6. The molecule has 2 aliphatic rings. The molecule has 7 nitrogen and oxygen atoms in total. The lowest BCUT2D eigenvalue weighted by Gasteiger charge is -2.30. The van der Waals surface area contributed by atoms with Crippen molar-refractivity contribution >= 4 is 40.6 Å². The number of phenols is 1. The monoisotopic (exact) mass is 522 g/mol. The molecule has 2 unspecified atom stereocenters. The first-order chi connectivity index (χ1) is 16.6. The summed E-state index contributed by atoms with van der Waals surface area (Å²) in [6.45, 7) is 2.01. The van der Waals surface area contributed by atoms with Crippen LogP contribution >= 0.6 is 23.1 Å². The van der Waals surface area contributed by atoms with Gasteiger partial charge in [0.15, 0.2) is 11.5 Å². The van der Waals surface area contributed by atoms with Crippen molar-refractivity contribution in [2.75, 3.05) is 11.5 Å². The largest absolute Gasteiger partial charge is 0.504 e. The second kappa shape index (κ2) is 8.45. The van der Waals surface area contributed by atoms with Gasteiger partial charge in [-0.1, -0.05) is 35.2 Å². The van der Waals surface area contributed by atoms with Gasteiger partial charge in [0.2, 0.25) is 11.8 Å². The predicted molar refractivity (Wildman–Crippen MR) is 123 cm³/mol. The molecule has 2 aromatic carbocycles. The number of hydrogen-bond donors (Lipinski definition) is 2. The van der Waals surface area contributed by atoms with Crippen molar-refractivity contribution in [2.24, 2.45) is 5.92 Å². The smallest absolute Gasteiger partial charge is 0.416 e. The van der Waals surface area contributed by atoms with Crippen LogP contribution in [0.1, 0.15) is 28.8 Å². The van der Waals surface area contributed by atoms with Crippen molar-refractivity contribution in [2.45, 2.75) is 29.3 Å². The normalized spacial score (nSPS) is 21.7. The van der Waals surface area contributed by atoms with E-state index in [1.54, 1.807) is 19.1 Å². The van der Waals surface area contributed by atoms with Crippen LogP contribution < -0.4 is 14.5 Å². The summed E-state index contributed by atoms with van der Waals surface area (Å²) in [5, 5.41) is 9.60. The Hall–Kier alpha value is -3.25. The molecule has 0 bridgehead atoms. The third kappa shape index (κ3) is 3.90. The number of anilines is 1. The summed E-state index contributed by atoms with van der Waals surface area (Å²) in [5.41, 5.74) is -0.607. The van der Waals surface area contributed by atoms with E-state index in [4.69, 9.17) is 4.74 Å². The van der Waals surface area contributed by atoms with Crippen LogP contribution in [0.2, 0.25) is 0 Å². The van der Waals surface area contributed by atoms with Crippen molar-refractivity contribution < 1.29 is 32.6 Å². The number of amides is 2. The number of hydrogen-bond acceptors (Lipinski definition) is 7. The molecule has 2 N–H and O–H groups in total. The molecule has 0 aliphatic carbocycles. The maximum atomic E-state index is 13.6. The minimum Gasteiger partial charge on any atom is -0.504 e. The SMILES string of the molecule is CCOc1cc([C@H]2c3sc(=O)[nH]c3SC3C(=O)N(c4cccc(C(F)(F)F)c4)C(=O)C32)ccc1O. The summed E-state index contributed by atoms with van der Waals surface area (Å²) >= 11 is 1.93. The van der Waals surface area contributed by atoms with Gasteiger partial charge < -0.3 is 14.8 Å². The number of fused-ring (bicyclic) bond motifs is 2. The molecule has 0 saturated carbocycles. The number of alkyl halides is 3. The fourth-order valence-corrected chi connectivity index (χ4v) is 6.96. The van der Waals surface area contributed by atoms with Gasteiger partial charge in [0.05, 0.1) is 28.8 Å². The van der Waals surface area contributed by atoms with E-state index >= 15 is 0 Å². The van der Waals surface area contributed by atoms with Crippen molar-refractivity contribution in [3.63, 3.8) is 0 Å². The molecule has 3 aromatic rings. The topological polar surface area (TPSA) is 99.7 Å². The molecule has 2 amide bonds. The summed E-state index contributed by atoms with van der Waals surface area (Å²) < 4.78 is 45.3. The number of nitrogens with one attached hydrogen (secondary N) is 1. The van der Waals surface area contributed by atoms with E-state index in [0.717, 1.165) is 46.2 Å². The number of carbonyl (C=O) groups is 2. The van der Waals surface area contributed by atoms with Crippen LogP contribution in [0.25, 0.3) is 0 Å². The van der Waals surface area contributed by atoms with E-state index in [0.29, 0.717) is 15.5 Å². The molecule has 3 heterocycles. The van der Waals surface area contributed by atoms with Crippen LogP contribution in [0, 0.1) is 5.92 Å². The van der Waals surface area contributed by atoms with Gasteiger partial charge in [-0.2, -0.15) is 13.2 Å². The zero-order valence-electron chi connectivity index (χ0n) is 18.0. The third-order valence-electron chi connectivity index (χ3n) is 5.90. The molecular weight excluding hydrogens is 505 g/mol. The van der Waals surface area contributed by atoms with E-state index in [1.165, 1.54) is 12.1 Å². The number of thioether (sulfide) groups is 1. The Kier molecular flexibility index (Phi) is 5.67. The molecule has 0 radical (unpaired) electrons. The van der Waals surface area contributed by atoms with E-state index in [-0.39, 0.29) is 28.7 Å². The molecule has 5 rings (SSSR count). The standard InChI is InChI=1S/C23H17F3N2O5S2/c1-2-33-14-8-10(6-7-13(14)29)15-16-18(34-19-17(15)35-22(32)27-19)21(31)28(20(16)30)12-5-3-4-11(9-12)23(24,25)26/h3-9,15-16,18,29H,2H2,1H3,(H,27,32)/t15-,16?,18?/m1/s1. The highest BCUT2D eigenvalue weighted by molar-refractivity contribution is 8.00. The molecule has 0 spiro atoms. The van der Waals surface area contributed by atoms with Crippen LogP contribution in [-0.4, -0.2) is 33.8 Å². The lowest BCUT2D eigenvalue weighted by Crippen LogP contribution is -2.32. The summed E-state index contributed by atoms with van der Waals surface area (Å²) in [5.74, 6) is -2.97. The Bertz CT molecular complexity index is 1400. The van der Waals surface area contributed by atoms with Gasteiger partial charge in [0.1, 0.15) is 5.25 Å². The number of aromatic amines is 1. The second-order valence-corrected chi connectivity index (χ2v) is 10.1. The summed E-state index contributed by atoms with van der Waals surface area (Å²) in [6, 6.07) is 8.61. The maximum absolute atomic E-state index is 13.6. The number of halogens is 3. The van der Waals surface area contributed by atoms with Crippen molar-refractivity contribution in [3.8, 4) is 11.5 Å². The highest BCUT2D eigenvalue weighted by Crippen LogP contribution is 2.54. The quantitative estimate of drug-likeness (QED) is 0.494. The van der Waals surface area contributed by atoms with Crippen molar-refractivity contribution in [1.82, 2.24) is 4.98 Å². The van der Waals surface area contributed by atoms with Crippen LogP contribution in [0.3, 0.4) is 0 Å². The first-order valence-electron chi connectivity index (χ1n) is 10.5. The molecule has 2 aliphatic heterocycles. The van der Waals surface area contributed by atoms with Crippen molar-refractivity contribution in [3.05, 3.63) is 68.1 Å². The van der Waals surface area contributed by atoms with Gasteiger partial charge in [0.25, 0.3) is 0 Å². The lowest BCUT2D eigenvalue weighted by atomic mass is 9.83. The molecule has 3 atom stereocenters. The van der Waals surface area contributed by atoms with Crippen LogP contribution in [-0.2, 0) is 15.8 Å². The number of benzene rings is 2. The van der Waals surface area contributed by atoms with E-state index in [2.05, 4.69) is 4.98 Å². The van der Waals surface area contributed by atoms with E-state index in [9.17, 15) is 32.7 Å². The first-order valence-corrected chi connectivity index (χ1v) is 12.2. The highest BCUT2D eigenvalue weighted by Gasteiger charge is 2.56. The Labute approximate surface area is 204 Å². The van der Waals surface area contributed by atoms with Crippen LogP contribution in [0.4, 0.5) is 18.9 Å². The number of ether oxygens (including phenoxy) is 1. The van der Waals surface area contributed by atoms with E-state index < -0.39 is 40.6 Å². The fraction of sp³-hybridized carbons (Fsp3) is 0.261. The number of rotatable bonds is 4. The molecule has 35 heavy (non-hydrogen) atoms. The van der Waals surface area contributed by atoms with Gasteiger partial charge in [-0.05, 0) is 42.8 Å². The number of aromatic hydroxyl groups is 1. The third-order valence-corrected chi connectivity index (χ3v) is 8.30. The predicted octanol–water partition coefficient (Wildman–Crippen LogP) is 4.36. The molecule has 182 valence electrons. The summed E-state index contributed by atoms with van der Waals surface area (Å²) in [7, 11) is 0. The summed E-state index contributed by atoms with van der Waals surface area (Å²) in [6.07, 6.45) is -4.64. The average Bonchev–Trinajstić information content (AvgIpc) is 3.29. The number of thiazole rings is 1. The zero-order chi connectivity index (χ0) is 25.1. The fourth-order valence-electron chi connectivity index (χ4n) is 4.45. The van der Waals surface area contributed by atoms with Gasteiger partial charge in [-0.15, -0.1) is 0 Å². The minimum atomic E-state index is -4.64. The number of phenolic OH excluding ortho intramolecular Hbond substituents is 1. The number of carbonyl (C=O) groups excluding carboxylic acids is 2. The molecule has 1 saturated heterocycles. The molecular formula is C23H17F3N2O5S2.